The van der Waals surface area contributed by atoms with Gasteiger partial charge in [0.1, 0.15) is 30.2 Å². The van der Waals surface area contributed by atoms with Crippen LogP contribution in [0.2, 0.25) is 0 Å². The molecule has 0 radical (unpaired) electrons. The maximum Gasteiger partial charge on any atom is 0.155 e. The van der Waals surface area contributed by atoms with E-state index < -0.39 is 0 Å². The highest BCUT2D eigenvalue weighted by Crippen LogP contribution is 2.36. The number of rotatable bonds is 6. The largest absolute Gasteiger partial charge is 0.491 e. The van der Waals surface area contributed by atoms with E-state index in [4.69, 9.17) is 15.1 Å². The van der Waals surface area contributed by atoms with Crippen LogP contribution in [0.5, 0.6) is 5.75 Å². The van der Waals surface area contributed by atoms with E-state index in [2.05, 4.69) is 63.6 Å². The Kier molecular flexibility index (Phi) is 7.20. The van der Waals surface area contributed by atoms with Gasteiger partial charge < -0.3 is 19.5 Å². The fraction of sp³-hybridized carbons (Fsp3) is 0.593. The van der Waals surface area contributed by atoms with Gasteiger partial charge in [0.15, 0.2) is 5.84 Å². The van der Waals surface area contributed by atoms with Crippen LogP contribution in [0.1, 0.15) is 63.8 Å². The van der Waals surface area contributed by atoms with E-state index in [1.54, 1.807) is 0 Å². The van der Waals surface area contributed by atoms with Crippen molar-refractivity contribution in [1.29, 1.82) is 5.41 Å². The number of hydrogen-bond donors (Lipinski definition) is 2. The van der Waals surface area contributed by atoms with Crippen molar-refractivity contribution >= 4 is 12.2 Å². The second kappa shape index (κ2) is 10.5. The Morgan fingerprint density at radius 2 is 1.91 bits per heavy atom. The number of likely N-dealkylation sites (tertiary alicyclic amines) is 2. The highest BCUT2D eigenvalue weighted by molar-refractivity contribution is 6.01. The van der Waals surface area contributed by atoms with Crippen molar-refractivity contribution in [2.45, 2.75) is 71.1 Å². The molecular formula is C27H39N7O. The molecule has 2 fully saturated rings. The fourth-order valence-electron chi connectivity index (χ4n) is 5.75. The number of benzene rings is 1. The van der Waals surface area contributed by atoms with Crippen LogP contribution in [0.15, 0.2) is 29.4 Å². The third-order valence-corrected chi connectivity index (χ3v) is 7.66. The molecule has 0 aliphatic carbocycles. The van der Waals surface area contributed by atoms with E-state index in [-0.39, 0.29) is 6.04 Å². The van der Waals surface area contributed by atoms with Crippen LogP contribution in [0.25, 0.3) is 11.4 Å². The van der Waals surface area contributed by atoms with E-state index in [0.717, 1.165) is 54.8 Å². The van der Waals surface area contributed by atoms with Crippen LogP contribution < -0.4 is 10.1 Å². The van der Waals surface area contributed by atoms with Gasteiger partial charge in [-0.2, -0.15) is 0 Å². The number of amidine groups is 1. The highest BCUT2D eigenvalue weighted by atomic mass is 16.5. The number of imidazole rings is 1. The zero-order valence-electron chi connectivity index (χ0n) is 21.3. The van der Waals surface area contributed by atoms with E-state index >= 15 is 0 Å². The number of fused-ring (bicyclic) bond motifs is 3. The molecule has 1 aromatic heterocycles. The minimum Gasteiger partial charge on any atom is -0.491 e. The first kappa shape index (κ1) is 24.0. The topological polar surface area (TPSA) is 81.8 Å². The zero-order valence-corrected chi connectivity index (χ0v) is 21.3. The summed E-state index contributed by atoms with van der Waals surface area (Å²) in [6.07, 6.45) is 8.36. The molecule has 1 unspecified atom stereocenters. The second-order valence-corrected chi connectivity index (χ2v) is 10.3. The number of aliphatic imine (C=N–C) groups is 1. The maximum absolute atomic E-state index is 7.46. The van der Waals surface area contributed by atoms with Crippen molar-refractivity contribution in [3.63, 3.8) is 0 Å². The summed E-state index contributed by atoms with van der Waals surface area (Å²) in [4.78, 5) is 14.5. The first-order valence-electron chi connectivity index (χ1n) is 13.2. The number of nitrogens with zero attached hydrogens (tertiary/aromatic N) is 5. The lowest BCUT2D eigenvalue weighted by molar-refractivity contribution is 0.102. The molecule has 2 aromatic rings. The Labute approximate surface area is 208 Å². The molecule has 1 aromatic carbocycles. The number of hydrogen-bond acceptors (Lipinski definition) is 5. The molecule has 0 bridgehead atoms. The average molecular weight is 478 g/mol. The van der Waals surface area contributed by atoms with Crippen LogP contribution in [-0.4, -0.2) is 76.4 Å². The van der Waals surface area contributed by atoms with Crippen LogP contribution >= 0.6 is 0 Å². The number of aromatic nitrogens is 2. The van der Waals surface area contributed by atoms with Crippen molar-refractivity contribution in [1.82, 2.24) is 24.7 Å². The molecule has 188 valence electrons. The summed E-state index contributed by atoms with van der Waals surface area (Å²) in [5.41, 5.74) is 3.09. The standard InChI is InChI=1S/C27H39N7O/c1-19(2)30-26(29-18-28)24-17-34-14-15-35-25-7-6-21(16-23(25)27(34)31-24)20(3)32-12-8-22(9-13-32)33-10-4-5-11-33/h6-7,16-20,22H,4-5,8-15H2,1-3H3,(H2,28,29,30). The molecule has 4 heterocycles. The quantitative estimate of drug-likeness (QED) is 0.487. The Balaban J connectivity index is 1.38. The Bertz CT molecular complexity index is 1060. The number of nitrogens with one attached hydrogen (secondary N) is 2. The third-order valence-electron chi connectivity index (χ3n) is 7.66. The normalized spacial score (nSPS) is 20.7. The van der Waals surface area contributed by atoms with Gasteiger partial charge in [0.25, 0.3) is 0 Å². The molecule has 5 rings (SSSR count). The lowest BCUT2D eigenvalue weighted by Gasteiger charge is -2.39. The molecule has 2 saturated heterocycles. The molecule has 2 N–H and O–H groups in total. The highest BCUT2D eigenvalue weighted by Gasteiger charge is 2.29. The summed E-state index contributed by atoms with van der Waals surface area (Å²) in [7, 11) is 0. The predicted molar refractivity (Wildman–Crippen MR) is 141 cm³/mol. The molecule has 3 aliphatic heterocycles. The molecule has 35 heavy (non-hydrogen) atoms. The predicted octanol–water partition coefficient (Wildman–Crippen LogP) is 3.92. The van der Waals surface area contributed by atoms with Crippen molar-refractivity contribution in [2.75, 3.05) is 32.8 Å². The Morgan fingerprint density at radius 1 is 1.14 bits per heavy atom. The van der Waals surface area contributed by atoms with E-state index in [1.807, 2.05) is 6.20 Å². The smallest absolute Gasteiger partial charge is 0.155 e. The maximum atomic E-state index is 7.46. The molecule has 1 atom stereocenters. The zero-order chi connectivity index (χ0) is 24.4. The van der Waals surface area contributed by atoms with Crippen molar-refractivity contribution < 1.29 is 4.74 Å². The lowest BCUT2D eigenvalue weighted by atomic mass is 9.98. The molecule has 8 nitrogen and oxygen atoms in total. The van der Waals surface area contributed by atoms with E-state index in [9.17, 15) is 0 Å². The number of ether oxygens (including phenoxy) is 1. The first-order chi connectivity index (χ1) is 17.0. The van der Waals surface area contributed by atoms with Gasteiger partial charge in [-0.15, -0.1) is 0 Å². The molecule has 8 heteroatoms. The summed E-state index contributed by atoms with van der Waals surface area (Å²) in [5, 5.41) is 10.8. The SMILES string of the molecule is CC(C)N/C(=N\C=N)c1cn2c(n1)-c1cc(C(C)N3CCC(N4CCCC4)CC3)ccc1OCC2. The van der Waals surface area contributed by atoms with E-state index in [1.165, 1.54) is 44.3 Å². The van der Waals surface area contributed by atoms with Gasteiger partial charge in [0, 0.05) is 37.4 Å². The Hall–Kier alpha value is -2.71. The molecule has 0 amide bonds. The summed E-state index contributed by atoms with van der Waals surface area (Å²) < 4.78 is 8.24. The molecule has 0 saturated carbocycles. The average Bonchev–Trinajstić information content (AvgIpc) is 3.51. The van der Waals surface area contributed by atoms with Crippen molar-refractivity contribution in [3.05, 3.63) is 35.7 Å². The monoisotopic (exact) mass is 477 g/mol. The fourth-order valence-corrected chi connectivity index (χ4v) is 5.75. The van der Waals surface area contributed by atoms with Gasteiger partial charge in [-0.05, 0) is 77.2 Å². The third kappa shape index (κ3) is 5.14. The van der Waals surface area contributed by atoms with Gasteiger partial charge >= 0.3 is 0 Å². The second-order valence-electron chi connectivity index (χ2n) is 10.3. The molecule has 3 aliphatic rings. The van der Waals surface area contributed by atoms with Crippen LogP contribution in [0, 0.1) is 5.41 Å². The minimum atomic E-state index is 0.202. The lowest BCUT2D eigenvalue weighted by Crippen LogP contribution is -2.44. The summed E-state index contributed by atoms with van der Waals surface area (Å²) in [6, 6.07) is 7.92. The van der Waals surface area contributed by atoms with Gasteiger partial charge in [-0.25, -0.2) is 9.98 Å². The van der Waals surface area contributed by atoms with Gasteiger partial charge in [-0.1, -0.05) is 6.07 Å². The number of piperidine rings is 1. The summed E-state index contributed by atoms with van der Waals surface area (Å²) in [5.74, 6) is 2.41. The summed E-state index contributed by atoms with van der Waals surface area (Å²) in [6.45, 7) is 12.7. The van der Waals surface area contributed by atoms with Crippen molar-refractivity contribution in [3.8, 4) is 17.1 Å². The molecule has 0 spiro atoms. The summed E-state index contributed by atoms with van der Waals surface area (Å²) >= 11 is 0. The minimum absolute atomic E-state index is 0.202. The van der Waals surface area contributed by atoms with Crippen LogP contribution in [0.3, 0.4) is 0 Å². The molecular weight excluding hydrogens is 438 g/mol. The van der Waals surface area contributed by atoms with E-state index in [0.29, 0.717) is 18.5 Å². The van der Waals surface area contributed by atoms with Gasteiger partial charge in [0.2, 0.25) is 0 Å². The van der Waals surface area contributed by atoms with Crippen LogP contribution in [-0.2, 0) is 6.54 Å². The first-order valence-corrected chi connectivity index (χ1v) is 13.2. The Morgan fingerprint density at radius 3 is 2.63 bits per heavy atom. The van der Waals surface area contributed by atoms with Crippen molar-refractivity contribution in [2.24, 2.45) is 4.99 Å². The van der Waals surface area contributed by atoms with Crippen LogP contribution in [0.4, 0.5) is 0 Å². The van der Waals surface area contributed by atoms with Gasteiger partial charge in [0.05, 0.1) is 12.1 Å². The van der Waals surface area contributed by atoms with Gasteiger partial charge in [-0.3, -0.25) is 10.3 Å².